The lowest BCUT2D eigenvalue weighted by Gasteiger charge is -2.14. The van der Waals surface area contributed by atoms with Gasteiger partial charge in [0.2, 0.25) is 5.91 Å². The van der Waals surface area contributed by atoms with E-state index in [1.54, 1.807) is 24.3 Å². The Morgan fingerprint density at radius 3 is 2.68 bits per heavy atom. The fourth-order valence-corrected chi connectivity index (χ4v) is 7.11. The number of fused-ring (bicyclic) bond motifs is 1. The number of nitrogens with zero attached hydrogens (tertiary/aromatic N) is 1. The van der Waals surface area contributed by atoms with Gasteiger partial charge in [-0.3, -0.25) is 4.79 Å². The van der Waals surface area contributed by atoms with Crippen molar-refractivity contribution in [2.75, 3.05) is 18.1 Å². The zero-order chi connectivity index (χ0) is 27.2. The minimum Gasteiger partial charge on any atom is -0.424 e. The van der Waals surface area contributed by atoms with Crippen molar-refractivity contribution < 1.29 is 31.6 Å². The SMILES string of the molecule is N#Cc1ccc(OP(=O)(O)CNS(=O)(=O)c2cc3cc(NC(=O)[C@@H](N)CCCCN)ccc3s2)cc1F. The van der Waals surface area contributed by atoms with Crippen molar-refractivity contribution in [3.05, 3.63) is 53.8 Å². The molecule has 3 aromatic rings. The second-order valence-corrected chi connectivity index (χ2v) is 12.8. The van der Waals surface area contributed by atoms with Crippen LogP contribution in [0.25, 0.3) is 10.1 Å². The van der Waals surface area contributed by atoms with E-state index in [-0.39, 0.29) is 21.4 Å². The van der Waals surface area contributed by atoms with Crippen molar-refractivity contribution in [1.82, 2.24) is 4.72 Å². The Balaban J connectivity index is 1.66. The maximum atomic E-state index is 13.7. The molecule has 1 heterocycles. The number of sulfonamides is 1. The average Bonchev–Trinajstić information content (AvgIpc) is 3.27. The quantitative estimate of drug-likeness (QED) is 0.161. The van der Waals surface area contributed by atoms with Crippen molar-refractivity contribution >= 4 is 50.6 Å². The highest BCUT2D eigenvalue weighted by atomic mass is 32.2. The fourth-order valence-electron chi connectivity index (χ4n) is 3.18. The molecule has 37 heavy (non-hydrogen) atoms. The van der Waals surface area contributed by atoms with Crippen LogP contribution < -0.4 is 26.0 Å². The number of hydrogen-bond donors (Lipinski definition) is 5. The fraction of sp³-hybridized carbons (Fsp3) is 0.273. The molecule has 0 aliphatic heterocycles. The number of benzene rings is 2. The van der Waals surface area contributed by atoms with Crippen LogP contribution in [-0.2, 0) is 19.4 Å². The number of anilines is 1. The Kier molecular flexibility index (Phi) is 9.38. The molecule has 0 saturated carbocycles. The Hall–Kier alpha value is -2.89. The number of halogens is 1. The van der Waals surface area contributed by atoms with Gasteiger partial charge < -0.3 is 26.2 Å². The normalized spacial score (nSPS) is 14.0. The summed E-state index contributed by atoms with van der Waals surface area (Å²) in [4.78, 5) is 22.3. The van der Waals surface area contributed by atoms with Gasteiger partial charge in [-0.05, 0) is 61.2 Å². The van der Waals surface area contributed by atoms with E-state index in [4.69, 9.17) is 21.3 Å². The molecule has 0 aliphatic carbocycles. The van der Waals surface area contributed by atoms with Crippen molar-refractivity contribution in [3.8, 4) is 11.8 Å². The zero-order valence-electron chi connectivity index (χ0n) is 19.4. The Morgan fingerprint density at radius 2 is 2.00 bits per heavy atom. The van der Waals surface area contributed by atoms with E-state index in [1.165, 1.54) is 6.07 Å². The Labute approximate surface area is 216 Å². The lowest BCUT2D eigenvalue weighted by Crippen LogP contribution is -2.35. The maximum absolute atomic E-state index is 13.7. The highest BCUT2D eigenvalue weighted by Gasteiger charge is 2.27. The van der Waals surface area contributed by atoms with Crippen LogP contribution in [0.15, 0.2) is 46.7 Å². The van der Waals surface area contributed by atoms with Crippen molar-refractivity contribution in [1.29, 1.82) is 5.26 Å². The molecule has 2 atom stereocenters. The van der Waals surface area contributed by atoms with E-state index in [2.05, 4.69) is 5.32 Å². The number of rotatable bonds is 12. The van der Waals surface area contributed by atoms with Gasteiger partial charge in [0.1, 0.15) is 28.1 Å². The maximum Gasteiger partial charge on any atom is 0.391 e. The number of nitrogens with one attached hydrogen (secondary N) is 2. The summed E-state index contributed by atoms with van der Waals surface area (Å²) < 4.78 is 58.9. The molecule has 3 rings (SSSR count). The smallest absolute Gasteiger partial charge is 0.391 e. The average molecular weight is 570 g/mol. The summed E-state index contributed by atoms with van der Waals surface area (Å²) in [5, 5.41) is 12.0. The van der Waals surface area contributed by atoms with Crippen molar-refractivity contribution in [2.45, 2.75) is 29.5 Å². The van der Waals surface area contributed by atoms with Gasteiger partial charge in [-0.2, -0.15) is 9.98 Å². The number of nitrogens with two attached hydrogens (primary N) is 2. The number of unbranched alkanes of at least 4 members (excludes halogenated alkanes) is 1. The minimum absolute atomic E-state index is 0.131. The Morgan fingerprint density at radius 1 is 1.24 bits per heavy atom. The van der Waals surface area contributed by atoms with E-state index in [9.17, 15) is 27.1 Å². The number of carbonyl (C=O) groups excluding carboxylic acids is 1. The van der Waals surface area contributed by atoms with Gasteiger partial charge in [0.25, 0.3) is 10.0 Å². The van der Waals surface area contributed by atoms with Gasteiger partial charge in [0, 0.05) is 16.5 Å². The summed E-state index contributed by atoms with van der Waals surface area (Å²) in [5.74, 6) is -1.66. The lowest BCUT2D eigenvalue weighted by atomic mass is 10.1. The molecule has 0 spiro atoms. The van der Waals surface area contributed by atoms with Gasteiger partial charge in [-0.25, -0.2) is 17.4 Å². The molecule has 0 bridgehead atoms. The molecule has 198 valence electrons. The molecule has 0 fully saturated rings. The first-order valence-corrected chi connectivity index (χ1v) is 15.0. The summed E-state index contributed by atoms with van der Waals surface area (Å²) in [6, 6.07) is 10.0. The van der Waals surface area contributed by atoms with Crippen LogP contribution >= 0.6 is 18.9 Å². The van der Waals surface area contributed by atoms with Gasteiger partial charge in [0.15, 0.2) is 0 Å². The predicted molar refractivity (Wildman–Crippen MR) is 138 cm³/mol. The van der Waals surface area contributed by atoms with Crippen LogP contribution in [0.5, 0.6) is 5.75 Å². The van der Waals surface area contributed by atoms with E-state index in [0.717, 1.165) is 42.4 Å². The van der Waals surface area contributed by atoms with Crippen molar-refractivity contribution in [2.24, 2.45) is 11.5 Å². The third-order valence-electron chi connectivity index (χ3n) is 5.10. The molecular formula is C22H25FN5O6PS2. The third-order valence-corrected chi connectivity index (χ3v) is 9.35. The lowest BCUT2D eigenvalue weighted by molar-refractivity contribution is -0.117. The summed E-state index contributed by atoms with van der Waals surface area (Å²) in [5.41, 5.74) is 11.5. The first kappa shape index (κ1) is 28.7. The highest BCUT2D eigenvalue weighted by molar-refractivity contribution is 7.92. The molecule has 0 radical (unpaired) electrons. The van der Waals surface area contributed by atoms with Crippen molar-refractivity contribution in [3.63, 3.8) is 0 Å². The number of amides is 1. The number of thiophene rings is 1. The largest absolute Gasteiger partial charge is 0.424 e. The van der Waals surface area contributed by atoms with Crippen LogP contribution in [-0.4, -0.2) is 38.1 Å². The number of carbonyl (C=O) groups is 1. The van der Waals surface area contributed by atoms with Crippen LogP contribution in [0.2, 0.25) is 0 Å². The molecule has 2 aromatic carbocycles. The standard InChI is InChI=1S/C22H25FN5O6PS2/c23-18-11-17(6-4-14(18)12-25)34-35(30,31)13-27-37(32,33)21-10-15-9-16(5-7-20(15)36-21)28-22(29)19(26)3-1-2-8-24/h4-7,9-11,19,27H,1-3,8,13,24,26H2,(H,28,29)(H,30,31)/t19-/m0/s1. The highest BCUT2D eigenvalue weighted by Crippen LogP contribution is 2.42. The third kappa shape index (κ3) is 7.80. The van der Waals surface area contributed by atoms with Crippen LogP contribution in [0.1, 0.15) is 24.8 Å². The molecule has 1 amide bonds. The molecular weight excluding hydrogens is 544 g/mol. The number of hydrogen-bond acceptors (Lipinski definition) is 9. The summed E-state index contributed by atoms with van der Waals surface area (Å²) in [6.07, 6.45) is 0.989. The summed E-state index contributed by atoms with van der Waals surface area (Å²) in [7, 11) is -8.76. The van der Waals surface area contributed by atoms with Gasteiger partial charge in [-0.15, -0.1) is 11.3 Å². The van der Waals surface area contributed by atoms with Crippen LogP contribution in [0.4, 0.5) is 10.1 Å². The first-order chi connectivity index (χ1) is 17.4. The van der Waals surface area contributed by atoms with Crippen LogP contribution in [0, 0.1) is 17.1 Å². The van der Waals surface area contributed by atoms with Gasteiger partial charge >= 0.3 is 7.60 Å². The molecule has 15 heteroatoms. The van der Waals surface area contributed by atoms with E-state index < -0.39 is 35.8 Å². The van der Waals surface area contributed by atoms with Crippen LogP contribution in [0.3, 0.4) is 0 Å². The van der Waals surface area contributed by atoms with E-state index in [0.29, 0.717) is 28.7 Å². The first-order valence-electron chi connectivity index (χ1n) is 10.9. The second kappa shape index (κ2) is 12.1. The summed E-state index contributed by atoms with van der Waals surface area (Å²) >= 11 is 0.920. The summed E-state index contributed by atoms with van der Waals surface area (Å²) in [6.45, 7) is 0.517. The van der Waals surface area contributed by atoms with Gasteiger partial charge in [0.05, 0.1) is 11.6 Å². The van der Waals surface area contributed by atoms with E-state index in [1.807, 2.05) is 4.72 Å². The van der Waals surface area contributed by atoms with Gasteiger partial charge in [-0.1, -0.05) is 6.42 Å². The molecule has 1 aromatic heterocycles. The minimum atomic E-state index is -4.55. The molecule has 11 nitrogen and oxygen atoms in total. The molecule has 0 saturated heterocycles. The molecule has 0 aliphatic rings. The topological polar surface area (TPSA) is 198 Å². The molecule has 7 N–H and O–H groups in total. The second-order valence-electron chi connectivity index (χ2n) is 7.99. The number of nitriles is 1. The van der Waals surface area contributed by atoms with E-state index >= 15 is 0 Å². The monoisotopic (exact) mass is 569 g/mol. The Bertz CT molecular complexity index is 1490. The predicted octanol–water partition coefficient (Wildman–Crippen LogP) is 2.81. The molecule has 1 unspecified atom stereocenters. The zero-order valence-corrected chi connectivity index (χ0v) is 21.9.